The maximum atomic E-state index is 9.85. The number of nitrogens with zero attached hydrogens (tertiary/aromatic N) is 1. The Bertz CT molecular complexity index is 150. The third-order valence-electron chi connectivity index (χ3n) is 4.01. The molecular weight excluding hydrogens is 258 g/mol. The minimum absolute atomic E-state index is 0. The monoisotopic (exact) mass is 293 g/mol. The maximum Gasteiger partial charge on any atom is 0.180 e. The van der Waals surface area contributed by atoms with Crippen LogP contribution in [0.25, 0.3) is 0 Å². The molecule has 0 atom stereocenters. The van der Waals surface area contributed by atoms with Crippen molar-refractivity contribution in [3.8, 4) is 0 Å². The zero-order chi connectivity index (χ0) is 13.7. The van der Waals surface area contributed by atoms with Crippen LogP contribution in [0.4, 0.5) is 0 Å². The van der Waals surface area contributed by atoms with E-state index in [9.17, 15) is 5.11 Å². The number of rotatable bonds is 13. The topological polar surface area (TPSA) is 20.2 Å². The van der Waals surface area contributed by atoms with Crippen molar-refractivity contribution in [1.82, 2.24) is 0 Å². The molecule has 0 aliphatic heterocycles. The highest BCUT2D eigenvalue weighted by molar-refractivity contribution is 4.47. The molecule has 0 amide bonds. The fourth-order valence-electron chi connectivity index (χ4n) is 2.64. The Balaban J connectivity index is 0. The van der Waals surface area contributed by atoms with Crippen LogP contribution >= 0.6 is 0 Å². The highest BCUT2D eigenvalue weighted by atomic mass is 35.5. The van der Waals surface area contributed by atoms with E-state index in [0.717, 1.165) is 4.48 Å². The van der Waals surface area contributed by atoms with E-state index in [-0.39, 0.29) is 12.4 Å². The van der Waals surface area contributed by atoms with Crippen molar-refractivity contribution in [1.29, 1.82) is 0 Å². The first-order valence-electron chi connectivity index (χ1n) is 8.20. The van der Waals surface area contributed by atoms with Gasteiger partial charge in [-0.2, -0.15) is 0 Å². The standard InChI is InChI=1S/C16H36NO.ClH/c1-4-7-10-13-17(16-18,14-11-8-5-2)15-12-9-6-3;/h18H,4-16H2,1-3H3;1H/q+1;/p-1. The Morgan fingerprint density at radius 2 is 0.947 bits per heavy atom. The first-order chi connectivity index (χ1) is 8.74. The number of aliphatic hydroxyl groups is 1. The molecule has 2 nitrogen and oxygen atoms in total. The first kappa shape index (κ1) is 21.5. The number of hydrogen-bond donors (Lipinski definition) is 1. The highest BCUT2D eigenvalue weighted by Gasteiger charge is 2.24. The predicted molar refractivity (Wildman–Crippen MR) is 80.5 cm³/mol. The summed E-state index contributed by atoms with van der Waals surface area (Å²) in [5, 5.41) is 9.85. The Labute approximate surface area is 127 Å². The summed E-state index contributed by atoms with van der Waals surface area (Å²) in [5.41, 5.74) is 0. The molecule has 0 aromatic heterocycles. The predicted octanol–water partition coefficient (Wildman–Crippen LogP) is 1.33. The molecule has 0 spiro atoms. The van der Waals surface area contributed by atoms with Crippen LogP contribution in [0.15, 0.2) is 0 Å². The molecule has 118 valence electrons. The lowest BCUT2D eigenvalue weighted by Crippen LogP contribution is -3.00. The summed E-state index contributed by atoms with van der Waals surface area (Å²) in [6, 6.07) is 0. The van der Waals surface area contributed by atoms with Gasteiger partial charge in [-0.25, -0.2) is 0 Å². The van der Waals surface area contributed by atoms with E-state index >= 15 is 0 Å². The minimum Gasteiger partial charge on any atom is -1.00 e. The van der Waals surface area contributed by atoms with Crippen LogP contribution in [0.5, 0.6) is 0 Å². The van der Waals surface area contributed by atoms with E-state index in [2.05, 4.69) is 20.8 Å². The quantitative estimate of drug-likeness (QED) is 0.309. The van der Waals surface area contributed by atoms with E-state index in [4.69, 9.17) is 0 Å². The van der Waals surface area contributed by atoms with Gasteiger partial charge in [-0.1, -0.05) is 40.0 Å². The Morgan fingerprint density at radius 1 is 0.632 bits per heavy atom. The van der Waals surface area contributed by atoms with Crippen LogP contribution in [0, 0.1) is 0 Å². The first-order valence-corrected chi connectivity index (χ1v) is 8.20. The van der Waals surface area contributed by atoms with Crippen molar-refractivity contribution < 1.29 is 22.0 Å². The molecule has 0 saturated carbocycles. The van der Waals surface area contributed by atoms with Crippen LogP contribution in [0.1, 0.15) is 78.6 Å². The number of aliphatic hydroxyl groups excluding tert-OH is 1. The molecule has 0 heterocycles. The molecule has 0 bridgehead atoms. The van der Waals surface area contributed by atoms with Gasteiger partial charge in [0, 0.05) is 0 Å². The SMILES string of the molecule is CCCCC[N+](CO)(CCCCC)CCCCC.[Cl-]. The summed E-state index contributed by atoms with van der Waals surface area (Å²) >= 11 is 0. The number of halogens is 1. The lowest BCUT2D eigenvalue weighted by molar-refractivity contribution is -0.945. The molecule has 0 saturated heterocycles. The van der Waals surface area contributed by atoms with Gasteiger partial charge in [0.2, 0.25) is 0 Å². The zero-order valence-corrected chi connectivity index (χ0v) is 14.2. The van der Waals surface area contributed by atoms with Crippen molar-refractivity contribution in [3.05, 3.63) is 0 Å². The fourth-order valence-corrected chi connectivity index (χ4v) is 2.64. The van der Waals surface area contributed by atoms with Crippen LogP contribution in [0.3, 0.4) is 0 Å². The molecule has 0 rings (SSSR count). The molecule has 0 unspecified atom stereocenters. The van der Waals surface area contributed by atoms with Crippen LogP contribution in [0.2, 0.25) is 0 Å². The summed E-state index contributed by atoms with van der Waals surface area (Å²) in [6.07, 6.45) is 11.6. The third kappa shape index (κ3) is 10.6. The zero-order valence-electron chi connectivity index (χ0n) is 13.5. The molecule has 0 aliphatic rings. The molecule has 0 aliphatic carbocycles. The smallest absolute Gasteiger partial charge is 0.180 e. The van der Waals surface area contributed by atoms with Crippen molar-refractivity contribution in [2.24, 2.45) is 0 Å². The van der Waals surface area contributed by atoms with Gasteiger partial charge in [0.1, 0.15) is 0 Å². The molecule has 0 radical (unpaired) electrons. The average molecular weight is 294 g/mol. The lowest BCUT2D eigenvalue weighted by Gasteiger charge is -2.37. The van der Waals surface area contributed by atoms with Crippen molar-refractivity contribution >= 4 is 0 Å². The average Bonchev–Trinajstić information content (AvgIpc) is 2.39. The van der Waals surface area contributed by atoms with Gasteiger partial charge in [0.15, 0.2) is 6.73 Å². The summed E-state index contributed by atoms with van der Waals surface area (Å²) in [7, 11) is 0. The van der Waals surface area contributed by atoms with E-state index in [1.807, 2.05) is 0 Å². The number of hydrogen-bond acceptors (Lipinski definition) is 1. The maximum absolute atomic E-state index is 9.85. The normalized spacial score (nSPS) is 11.4. The Kier molecular flexibility index (Phi) is 16.5. The van der Waals surface area contributed by atoms with E-state index < -0.39 is 0 Å². The van der Waals surface area contributed by atoms with Crippen LogP contribution in [-0.4, -0.2) is 36.0 Å². The molecule has 19 heavy (non-hydrogen) atoms. The Morgan fingerprint density at radius 3 is 1.16 bits per heavy atom. The van der Waals surface area contributed by atoms with Crippen LogP contribution < -0.4 is 12.4 Å². The fraction of sp³-hybridized carbons (Fsp3) is 1.00. The number of quaternary nitrogens is 1. The largest absolute Gasteiger partial charge is 1.00 e. The molecule has 0 aromatic rings. The molecule has 0 aromatic carbocycles. The Hall–Kier alpha value is 0.210. The van der Waals surface area contributed by atoms with Gasteiger partial charge >= 0.3 is 0 Å². The molecule has 1 N–H and O–H groups in total. The second-order valence-corrected chi connectivity index (χ2v) is 5.78. The summed E-state index contributed by atoms with van der Waals surface area (Å²) in [6.45, 7) is 10.6. The molecular formula is C16H36ClNO. The van der Waals surface area contributed by atoms with Gasteiger partial charge in [0.05, 0.1) is 19.6 Å². The summed E-state index contributed by atoms with van der Waals surface area (Å²) in [4.78, 5) is 0. The van der Waals surface area contributed by atoms with Gasteiger partial charge in [-0.3, -0.25) is 0 Å². The van der Waals surface area contributed by atoms with Gasteiger partial charge in [-0.15, -0.1) is 0 Å². The molecule has 3 heteroatoms. The minimum atomic E-state index is 0. The van der Waals surface area contributed by atoms with Crippen molar-refractivity contribution in [2.45, 2.75) is 78.6 Å². The number of unbranched alkanes of at least 4 members (excludes halogenated alkanes) is 6. The van der Waals surface area contributed by atoms with Crippen molar-refractivity contribution in [3.63, 3.8) is 0 Å². The lowest BCUT2D eigenvalue weighted by atomic mass is 10.1. The van der Waals surface area contributed by atoms with E-state index in [1.165, 1.54) is 77.4 Å². The third-order valence-corrected chi connectivity index (χ3v) is 4.01. The highest BCUT2D eigenvalue weighted by Crippen LogP contribution is 2.15. The van der Waals surface area contributed by atoms with E-state index in [0.29, 0.717) is 6.73 Å². The van der Waals surface area contributed by atoms with Gasteiger partial charge in [-0.05, 0) is 38.5 Å². The van der Waals surface area contributed by atoms with Crippen LogP contribution in [-0.2, 0) is 0 Å². The van der Waals surface area contributed by atoms with Gasteiger partial charge in [0.25, 0.3) is 0 Å². The second kappa shape index (κ2) is 14.6. The van der Waals surface area contributed by atoms with Gasteiger partial charge < -0.3 is 22.0 Å². The van der Waals surface area contributed by atoms with Crippen molar-refractivity contribution in [2.75, 3.05) is 26.4 Å². The second-order valence-electron chi connectivity index (χ2n) is 5.78. The summed E-state index contributed by atoms with van der Waals surface area (Å²) < 4.78 is 0.958. The van der Waals surface area contributed by atoms with E-state index in [1.54, 1.807) is 0 Å². The molecule has 0 fully saturated rings. The summed E-state index contributed by atoms with van der Waals surface area (Å²) in [5.74, 6) is 0.